The van der Waals surface area contributed by atoms with Crippen molar-refractivity contribution in [1.82, 2.24) is 0 Å². The largest absolute Gasteiger partial charge is 0.393 e. The molecule has 1 N–H and O–H groups in total. The molecule has 1 unspecified atom stereocenters. The summed E-state index contributed by atoms with van der Waals surface area (Å²) in [6.45, 7) is 6.82. The Hall–Kier alpha value is -0.240. The second kappa shape index (κ2) is 6.49. The van der Waals surface area contributed by atoms with Gasteiger partial charge in [-0.15, -0.1) is 0 Å². The molecule has 4 aliphatic rings. The monoisotopic (exact) mass is 342 g/mol. The predicted octanol–water partition coefficient (Wildman–Crippen LogP) is 1.84. The van der Waals surface area contributed by atoms with Crippen LogP contribution in [0.4, 0.5) is 0 Å². The summed E-state index contributed by atoms with van der Waals surface area (Å²) in [5.74, 6) is -0.590. The molecule has 5 atom stereocenters. The summed E-state index contributed by atoms with van der Waals surface area (Å²) >= 11 is 0. The number of aliphatic hydroxyl groups is 1. The number of hydrogen-bond donors (Lipinski definition) is 1. The first-order valence-corrected chi connectivity index (χ1v) is 9.40. The fourth-order valence-electron chi connectivity index (χ4n) is 4.64. The lowest BCUT2D eigenvalue weighted by Gasteiger charge is -2.46. The molecule has 2 aliphatic carbocycles. The Kier molecular flexibility index (Phi) is 4.65. The minimum atomic E-state index is -0.660. The van der Waals surface area contributed by atoms with Gasteiger partial charge in [0.25, 0.3) is 0 Å². The minimum Gasteiger partial charge on any atom is -0.393 e. The molecule has 0 bridgehead atoms. The number of hydrogen-bond acceptors (Lipinski definition) is 6. The lowest BCUT2D eigenvalue weighted by molar-refractivity contribution is -0.260. The second-order valence-corrected chi connectivity index (χ2v) is 7.98. The van der Waals surface area contributed by atoms with E-state index in [0.29, 0.717) is 45.2 Å². The van der Waals surface area contributed by atoms with Crippen LogP contribution in [-0.2, 0) is 23.7 Å². The standard InChI is InChI=1S/C18H30O6/c1-12-3-4-17(20-5-6-21-17)10-15(12)24-16-11-18(22-7-8-23-18)9-14(19)13(16)2/h12-16,19H,3-11H2,1-2H3/t12-,13-,14+,15-,16?/m1/s1. The molecular weight excluding hydrogens is 312 g/mol. The molecule has 0 amide bonds. The highest BCUT2D eigenvalue weighted by Gasteiger charge is 2.51. The van der Waals surface area contributed by atoms with Crippen LogP contribution in [0, 0.1) is 11.8 Å². The van der Waals surface area contributed by atoms with Gasteiger partial charge >= 0.3 is 0 Å². The van der Waals surface area contributed by atoms with E-state index >= 15 is 0 Å². The molecule has 0 aromatic carbocycles. The zero-order chi connectivity index (χ0) is 16.8. The molecule has 0 aromatic rings. The van der Waals surface area contributed by atoms with E-state index in [-0.39, 0.29) is 18.1 Å². The van der Waals surface area contributed by atoms with Crippen LogP contribution in [-0.4, -0.2) is 61.4 Å². The predicted molar refractivity (Wildman–Crippen MR) is 85.4 cm³/mol. The van der Waals surface area contributed by atoms with Crippen molar-refractivity contribution < 1.29 is 28.8 Å². The van der Waals surface area contributed by atoms with E-state index < -0.39 is 17.7 Å². The Morgan fingerprint density at radius 2 is 1.42 bits per heavy atom. The molecule has 4 rings (SSSR count). The first-order valence-electron chi connectivity index (χ1n) is 9.40. The van der Waals surface area contributed by atoms with Crippen LogP contribution < -0.4 is 0 Å². The van der Waals surface area contributed by atoms with Crippen LogP contribution in [0.1, 0.15) is 46.0 Å². The van der Waals surface area contributed by atoms with Crippen LogP contribution in [0.2, 0.25) is 0 Å². The molecule has 2 spiro atoms. The molecule has 6 heteroatoms. The maximum Gasteiger partial charge on any atom is 0.173 e. The fourth-order valence-corrected chi connectivity index (χ4v) is 4.64. The summed E-state index contributed by atoms with van der Waals surface area (Å²) in [7, 11) is 0. The van der Waals surface area contributed by atoms with Gasteiger partial charge in [-0.3, -0.25) is 0 Å². The Morgan fingerprint density at radius 1 is 0.833 bits per heavy atom. The van der Waals surface area contributed by atoms with Crippen molar-refractivity contribution in [3.8, 4) is 0 Å². The zero-order valence-electron chi connectivity index (χ0n) is 14.7. The van der Waals surface area contributed by atoms with E-state index in [1.165, 1.54) is 0 Å². The van der Waals surface area contributed by atoms with Gasteiger partial charge in [0, 0.05) is 31.6 Å². The van der Waals surface area contributed by atoms with E-state index in [4.69, 9.17) is 23.7 Å². The molecule has 0 aromatic heterocycles. The van der Waals surface area contributed by atoms with Gasteiger partial charge in [0.05, 0.1) is 44.7 Å². The van der Waals surface area contributed by atoms with Gasteiger partial charge in [-0.2, -0.15) is 0 Å². The fraction of sp³-hybridized carbons (Fsp3) is 1.00. The van der Waals surface area contributed by atoms with Crippen LogP contribution in [0.3, 0.4) is 0 Å². The van der Waals surface area contributed by atoms with Gasteiger partial charge in [-0.05, 0) is 12.3 Å². The molecule has 6 nitrogen and oxygen atoms in total. The normalized spacial score (nSPS) is 44.4. The van der Waals surface area contributed by atoms with Gasteiger partial charge in [0.1, 0.15) is 0 Å². The van der Waals surface area contributed by atoms with Crippen molar-refractivity contribution in [3.05, 3.63) is 0 Å². The van der Waals surface area contributed by atoms with E-state index in [0.717, 1.165) is 19.3 Å². The first-order chi connectivity index (χ1) is 11.5. The van der Waals surface area contributed by atoms with E-state index in [1.807, 2.05) is 0 Å². The first kappa shape index (κ1) is 17.2. The third-order valence-corrected chi connectivity index (χ3v) is 6.33. The molecule has 2 heterocycles. The molecule has 4 fully saturated rings. The van der Waals surface area contributed by atoms with Crippen molar-refractivity contribution in [3.63, 3.8) is 0 Å². The Morgan fingerprint density at radius 3 is 2.08 bits per heavy atom. The third-order valence-electron chi connectivity index (χ3n) is 6.33. The topological polar surface area (TPSA) is 66.4 Å². The van der Waals surface area contributed by atoms with Crippen LogP contribution in [0.5, 0.6) is 0 Å². The Balaban J connectivity index is 1.45. The van der Waals surface area contributed by atoms with Crippen molar-refractivity contribution in [2.45, 2.75) is 75.8 Å². The lowest BCUT2D eigenvalue weighted by Crippen LogP contribution is -2.53. The van der Waals surface area contributed by atoms with Gasteiger partial charge in [-0.25, -0.2) is 0 Å². The molecule has 24 heavy (non-hydrogen) atoms. The Bertz CT molecular complexity index is 443. The summed E-state index contributed by atoms with van der Waals surface area (Å²) in [4.78, 5) is 0. The number of rotatable bonds is 2. The molecule has 2 saturated heterocycles. The maximum atomic E-state index is 10.5. The highest BCUT2D eigenvalue weighted by Crippen LogP contribution is 2.44. The second-order valence-electron chi connectivity index (χ2n) is 7.98. The zero-order valence-corrected chi connectivity index (χ0v) is 14.7. The number of ether oxygens (including phenoxy) is 5. The average Bonchev–Trinajstić information content (AvgIpc) is 3.19. The van der Waals surface area contributed by atoms with E-state index in [9.17, 15) is 5.11 Å². The maximum absolute atomic E-state index is 10.5. The lowest BCUT2D eigenvalue weighted by atomic mass is 9.79. The Labute approximate surface area is 143 Å². The SMILES string of the molecule is C[C@@H]1CCC2(C[C@H]1OC1CC3(C[C@H](O)[C@H]1C)OCCO3)OCCO2. The van der Waals surface area contributed by atoms with Crippen molar-refractivity contribution in [2.24, 2.45) is 11.8 Å². The van der Waals surface area contributed by atoms with Crippen molar-refractivity contribution in [2.75, 3.05) is 26.4 Å². The van der Waals surface area contributed by atoms with E-state index in [1.54, 1.807) is 0 Å². The number of aliphatic hydroxyl groups excluding tert-OH is 1. The molecular formula is C18H30O6. The summed E-state index contributed by atoms with van der Waals surface area (Å²) < 4.78 is 30.0. The van der Waals surface area contributed by atoms with Crippen LogP contribution >= 0.6 is 0 Å². The molecule has 138 valence electrons. The average molecular weight is 342 g/mol. The minimum absolute atomic E-state index is 0.0684. The smallest absolute Gasteiger partial charge is 0.173 e. The summed E-state index contributed by atoms with van der Waals surface area (Å²) in [5.41, 5.74) is 0. The van der Waals surface area contributed by atoms with E-state index in [2.05, 4.69) is 13.8 Å². The van der Waals surface area contributed by atoms with Crippen LogP contribution in [0.15, 0.2) is 0 Å². The molecule has 2 saturated carbocycles. The summed E-state index contributed by atoms with van der Waals surface area (Å²) in [6.07, 6.45) is 3.49. The van der Waals surface area contributed by atoms with Crippen molar-refractivity contribution >= 4 is 0 Å². The molecule has 2 aliphatic heterocycles. The van der Waals surface area contributed by atoms with Gasteiger partial charge in [0.15, 0.2) is 11.6 Å². The van der Waals surface area contributed by atoms with Gasteiger partial charge in [-0.1, -0.05) is 13.8 Å². The van der Waals surface area contributed by atoms with Crippen molar-refractivity contribution in [1.29, 1.82) is 0 Å². The summed E-state index contributed by atoms with van der Waals surface area (Å²) in [6, 6.07) is 0. The van der Waals surface area contributed by atoms with Crippen LogP contribution in [0.25, 0.3) is 0 Å². The molecule has 0 radical (unpaired) electrons. The quantitative estimate of drug-likeness (QED) is 0.826. The summed E-state index contributed by atoms with van der Waals surface area (Å²) in [5, 5.41) is 10.5. The highest BCUT2D eigenvalue weighted by atomic mass is 16.7. The van der Waals surface area contributed by atoms with Gasteiger partial charge in [0.2, 0.25) is 0 Å². The van der Waals surface area contributed by atoms with Gasteiger partial charge < -0.3 is 28.8 Å². The highest BCUT2D eigenvalue weighted by molar-refractivity contribution is 4.94. The third kappa shape index (κ3) is 3.13.